The van der Waals surface area contributed by atoms with Crippen LogP contribution in [0.25, 0.3) is 0 Å². The van der Waals surface area contributed by atoms with Crippen molar-refractivity contribution >= 4 is 11.6 Å². The number of carbonyl (C=O) groups is 1. The highest BCUT2D eigenvalue weighted by Crippen LogP contribution is 2.29. The number of anilines is 1. The lowest BCUT2D eigenvalue weighted by Crippen LogP contribution is -2.25. The van der Waals surface area contributed by atoms with Gasteiger partial charge in [0.2, 0.25) is 0 Å². The lowest BCUT2D eigenvalue weighted by atomic mass is 10.1. The maximum absolute atomic E-state index is 12.9. The summed E-state index contributed by atoms with van der Waals surface area (Å²) >= 11 is 0. The van der Waals surface area contributed by atoms with Crippen molar-refractivity contribution in [2.45, 2.75) is 26.3 Å². The predicted molar refractivity (Wildman–Crippen MR) is 91.3 cm³/mol. The van der Waals surface area contributed by atoms with Crippen LogP contribution in [0.5, 0.6) is 11.5 Å². The van der Waals surface area contributed by atoms with Crippen LogP contribution in [0.3, 0.4) is 0 Å². The normalized spacial score (nSPS) is 12.6. The average Bonchev–Trinajstić information content (AvgIpc) is 3.04. The molecule has 0 radical (unpaired) electrons. The van der Waals surface area contributed by atoms with Crippen molar-refractivity contribution in [1.82, 2.24) is 4.57 Å². The molecule has 2 aromatic rings. The molecule has 3 rings (SSSR count). The first-order valence-corrected chi connectivity index (χ1v) is 7.82. The van der Waals surface area contributed by atoms with E-state index >= 15 is 0 Å². The van der Waals surface area contributed by atoms with Crippen LogP contribution in [0.2, 0.25) is 0 Å². The molecule has 0 atom stereocenters. The number of pyridine rings is 1. The molecular weight excluding hydrogens is 308 g/mol. The Bertz CT molecular complexity index is 855. The molecule has 1 amide bonds. The Morgan fingerprint density at radius 3 is 2.62 bits per heavy atom. The number of rotatable bonds is 4. The molecule has 6 nitrogen and oxygen atoms in total. The molecule has 0 bridgehead atoms. The van der Waals surface area contributed by atoms with E-state index in [1.165, 1.54) is 13.2 Å². The second-order valence-corrected chi connectivity index (χ2v) is 5.79. The summed E-state index contributed by atoms with van der Waals surface area (Å²) < 4.78 is 12.2. The van der Waals surface area contributed by atoms with Crippen LogP contribution >= 0.6 is 0 Å². The number of aromatic nitrogens is 1. The van der Waals surface area contributed by atoms with E-state index in [0.29, 0.717) is 35.7 Å². The lowest BCUT2D eigenvalue weighted by molar-refractivity contribution is 0.102. The zero-order valence-corrected chi connectivity index (χ0v) is 14.0. The van der Waals surface area contributed by atoms with Crippen LogP contribution in [0, 0.1) is 6.92 Å². The number of nitrogens with one attached hydrogen (secondary N) is 1. The van der Waals surface area contributed by atoms with Gasteiger partial charge in [0.15, 0.2) is 0 Å². The van der Waals surface area contributed by atoms with E-state index in [2.05, 4.69) is 5.32 Å². The quantitative estimate of drug-likeness (QED) is 0.935. The zero-order chi connectivity index (χ0) is 17.3. The molecule has 6 heteroatoms. The number of aryl methyl sites for hydroxylation is 1. The van der Waals surface area contributed by atoms with Crippen LogP contribution in [-0.2, 0) is 13.0 Å². The molecule has 24 heavy (non-hydrogen) atoms. The summed E-state index contributed by atoms with van der Waals surface area (Å²) in [5, 5.41) is 2.88. The van der Waals surface area contributed by atoms with Gasteiger partial charge in [-0.05, 0) is 37.5 Å². The van der Waals surface area contributed by atoms with E-state index < -0.39 is 0 Å². The van der Waals surface area contributed by atoms with Crippen LogP contribution in [0.1, 0.15) is 28.0 Å². The van der Waals surface area contributed by atoms with Crippen molar-refractivity contribution in [2.75, 3.05) is 19.5 Å². The minimum absolute atomic E-state index is 0.135. The number of benzene rings is 1. The Morgan fingerprint density at radius 1 is 1.17 bits per heavy atom. The third-order valence-electron chi connectivity index (χ3n) is 4.23. The highest BCUT2D eigenvalue weighted by Gasteiger charge is 2.25. The second-order valence-electron chi connectivity index (χ2n) is 5.79. The molecule has 1 aliphatic heterocycles. The topological polar surface area (TPSA) is 69.6 Å². The Hall–Kier alpha value is -2.76. The number of fused-ring (bicyclic) bond motifs is 1. The molecule has 0 saturated carbocycles. The summed E-state index contributed by atoms with van der Waals surface area (Å²) in [5.74, 6) is 0.580. The van der Waals surface area contributed by atoms with Crippen LogP contribution in [0.15, 0.2) is 29.1 Å². The molecule has 0 spiro atoms. The zero-order valence-electron chi connectivity index (χ0n) is 14.0. The predicted octanol–water partition coefficient (Wildman–Crippen LogP) is 2.37. The highest BCUT2D eigenvalue weighted by molar-refractivity contribution is 6.07. The standard InChI is InChI=1S/C18H20N2O4/c1-11-6-7-14(23-2)12(9-11)19-18(22)17-13-5-4-8-20(13)16(21)10-15(17)24-3/h6-7,9-10H,4-5,8H2,1-3H3,(H,19,22). The van der Waals surface area contributed by atoms with Crippen molar-refractivity contribution in [2.24, 2.45) is 0 Å². The van der Waals surface area contributed by atoms with Crippen molar-refractivity contribution in [3.8, 4) is 11.5 Å². The number of amides is 1. The van der Waals surface area contributed by atoms with E-state index in [1.54, 1.807) is 11.7 Å². The molecule has 0 unspecified atom stereocenters. The number of ether oxygens (including phenoxy) is 2. The minimum Gasteiger partial charge on any atom is -0.496 e. The first-order valence-electron chi connectivity index (χ1n) is 7.82. The van der Waals surface area contributed by atoms with Crippen LogP contribution < -0.4 is 20.3 Å². The van der Waals surface area contributed by atoms with Gasteiger partial charge in [0.25, 0.3) is 11.5 Å². The second kappa shape index (κ2) is 6.39. The molecule has 1 aliphatic rings. The van der Waals surface area contributed by atoms with Gasteiger partial charge in [0.05, 0.1) is 19.9 Å². The van der Waals surface area contributed by atoms with E-state index in [-0.39, 0.29) is 11.5 Å². The largest absolute Gasteiger partial charge is 0.496 e. The fraction of sp³-hybridized carbons (Fsp3) is 0.333. The summed E-state index contributed by atoms with van der Waals surface area (Å²) in [6, 6.07) is 6.94. The van der Waals surface area contributed by atoms with Gasteiger partial charge in [-0.1, -0.05) is 6.07 Å². The van der Waals surface area contributed by atoms with Gasteiger partial charge in [0, 0.05) is 18.3 Å². The van der Waals surface area contributed by atoms with Crippen molar-refractivity contribution < 1.29 is 14.3 Å². The van der Waals surface area contributed by atoms with Crippen molar-refractivity contribution in [3.63, 3.8) is 0 Å². The monoisotopic (exact) mass is 328 g/mol. The summed E-state index contributed by atoms with van der Waals surface area (Å²) in [6.07, 6.45) is 1.52. The van der Waals surface area contributed by atoms with Gasteiger partial charge in [0.1, 0.15) is 17.1 Å². The Labute approximate surface area is 140 Å². The summed E-state index contributed by atoms with van der Waals surface area (Å²) in [7, 11) is 3.02. The van der Waals surface area contributed by atoms with Gasteiger partial charge >= 0.3 is 0 Å². The molecule has 0 saturated heterocycles. The Balaban J connectivity index is 2.04. The van der Waals surface area contributed by atoms with E-state index in [1.807, 2.05) is 25.1 Å². The smallest absolute Gasteiger partial charge is 0.261 e. The molecule has 2 heterocycles. The number of carbonyl (C=O) groups excluding carboxylic acids is 1. The summed E-state index contributed by atoms with van der Waals surface area (Å²) in [4.78, 5) is 25.0. The van der Waals surface area contributed by atoms with E-state index in [9.17, 15) is 9.59 Å². The van der Waals surface area contributed by atoms with Gasteiger partial charge in [-0.3, -0.25) is 9.59 Å². The SMILES string of the molecule is COc1ccc(C)cc1NC(=O)c1c(OC)cc(=O)n2c1CCC2. The fourth-order valence-electron chi connectivity index (χ4n) is 3.09. The summed E-state index contributed by atoms with van der Waals surface area (Å²) in [5.41, 5.74) is 2.60. The first-order chi connectivity index (χ1) is 11.5. The maximum Gasteiger partial charge on any atom is 0.261 e. The molecule has 0 aliphatic carbocycles. The molecule has 1 aromatic carbocycles. The van der Waals surface area contributed by atoms with Gasteiger partial charge in [-0.2, -0.15) is 0 Å². The molecule has 1 aromatic heterocycles. The molecule has 0 fully saturated rings. The van der Waals surface area contributed by atoms with Gasteiger partial charge in [-0.25, -0.2) is 0 Å². The van der Waals surface area contributed by atoms with E-state index in [4.69, 9.17) is 9.47 Å². The summed E-state index contributed by atoms with van der Waals surface area (Å²) in [6.45, 7) is 2.57. The van der Waals surface area contributed by atoms with Gasteiger partial charge in [-0.15, -0.1) is 0 Å². The number of hydrogen-bond donors (Lipinski definition) is 1. The molecular formula is C18H20N2O4. The third-order valence-corrected chi connectivity index (χ3v) is 4.23. The number of nitrogens with zero attached hydrogens (tertiary/aromatic N) is 1. The first kappa shape index (κ1) is 16.1. The molecule has 126 valence electrons. The van der Waals surface area contributed by atoms with Crippen molar-refractivity contribution in [1.29, 1.82) is 0 Å². The van der Waals surface area contributed by atoms with Crippen molar-refractivity contribution in [3.05, 3.63) is 51.4 Å². The highest BCUT2D eigenvalue weighted by atomic mass is 16.5. The maximum atomic E-state index is 12.9. The number of hydrogen-bond acceptors (Lipinski definition) is 4. The number of methoxy groups -OCH3 is 2. The Kier molecular flexibility index (Phi) is 4.29. The Morgan fingerprint density at radius 2 is 1.92 bits per heavy atom. The van der Waals surface area contributed by atoms with Crippen LogP contribution in [-0.4, -0.2) is 24.7 Å². The fourth-order valence-corrected chi connectivity index (χ4v) is 3.09. The van der Waals surface area contributed by atoms with Crippen LogP contribution in [0.4, 0.5) is 5.69 Å². The molecule has 1 N–H and O–H groups in total. The average molecular weight is 328 g/mol. The third kappa shape index (κ3) is 2.75. The van der Waals surface area contributed by atoms with Gasteiger partial charge < -0.3 is 19.4 Å². The minimum atomic E-state index is -0.304. The van der Waals surface area contributed by atoms with E-state index in [0.717, 1.165) is 17.7 Å². The lowest BCUT2D eigenvalue weighted by Gasteiger charge is -2.16.